The monoisotopic (exact) mass is 274 g/mol. The molecule has 0 saturated heterocycles. The van der Waals surface area contributed by atoms with Crippen LogP contribution in [0.5, 0.6) is 0 Å². The second kappa shape index (κ2) is 4.89. The second-order valence-corrected chi connectivity index (χ2v) is 5.04. The van der Waals surface area contributed by atoms with Gasteiger partial charge in [0.2, 0.25) is 5.91 Å². The number of carbonyl (C=O) groups excluding carboxylic acids is 1. The number of nitrogens with two attached hydrogens (primary N) is 3. The van der Waals surface area contributed by atoms with Gasteiger partial charge in [-0.2, -0.15) is 0 Å². The Labute approximate surface area is 109 Å². The van der Waals surface area contributed by atoms with Gasteiger partial charge in [-0.05, 0) is 19.9 Å². The molecular formula is C11H16ClFN4O. The lowest BCUT2D eigenvalue weighted by Crippen LogP contribution is -2.37. The Bertz CT molecular complexity index is 490. The molecule has 0 saturated carbocycles. The predicted molar refractivity (Wildman–Crippen MR) is 71.7 cm³/mol. The summed E-state index contributed by atoms with van der Waals surface area (Å²) in [5, 5.41) is 2.53. The first-order chi connectivity index (χ1) is 8.16. The smallest absolute Gasteiger partial charge is 0.224 e. The van der Waals surface area contributed by atoms with Crippen molar-refractivity contribution in [2.75, 3.05) is 23.3 Å². The van der Waals surface area contributed by atoms with Gasteiger partial charge in [-0.25, -0.2) is 4.39 Å². The van der Waals surface area contributed by atoms with Crippen LogP contribution in [0, 0.1) is 11.2 Å². The van der Waals surface area contributed by atoms with Gasteiger partial charge in [0.05, 0.1) is 22.5 Å². The van der Waals surface area contributed by atoms with E-state index in [0.717, 1.165) is 0 Å². The van der Waals surface area contributed by atoms with E-state index in [0.29, 0.717) is 0 Å². The molecule has 0 atom stereocenters. The summed E-state index contributed by atoms with van der Waals surface area (Å²) in [5.74, 6) is -1.25. The van der Waals surface area contributed by atoms with Gasteiger partial charge in [-0.15, -0.1) is 0 Å². The summed E-state index contributed by atoms with van der Waals surface area (Å²) in [6.45, 7) is 3.40. The van der Waals surface area contributed by atoms with E-state index < -0.39 is 17.1 Å². The number of carbonyl (C=O) groups is 1. The van der Waals surface area contributed by atoms with Gasteiger partial charge in [0, 0.05) is 6.54 Å². The molecule has 0 bridgehead atoms. The zero-order valence-electron chi connectivity index (χ0n) is 10.2. The topological polar surface area (TPSA) is 107 Å². The van der Waals surface area contributed by atoms with Crippen molar-refractivity contribution in [1.29, 1.82) is 0 Å². The number of nitrogens with one attached hydrogen (secondary N) is 1. The van der Waals surface area contributed by atoms with Crippen LogP contribution in [0.4, 0.5) is 21.5 Å². The highest BCUT2D eigenvalue weighted by atomic mass is 35.5. The number of amides is 1. The minimum absolute atomic E-state index is 0.0172. The van der Waals surface area contributed by atoms with Crippen molar-refractivity contribution >= 4 is 34.6 Å². The number of nitrogen functional groups attached to an aromatic ring is 2. The Balaban J connectivity index is 3.00. The average Bonchev–Trinajstić information content (AvgIpc) is 2.25. The normalized spacial score (nSPS) is 11.3. The first-order valence-electron chi connectivity index (χ1n) is 5.23. The van der Waals surface area contributed by atoms with Gasteiger partial charge in [-0.1, -0.05) is 11.6 Å². The van der Waals surface area contributed by atoms with E-state index in [4.69, 9.17) is 28.8 Å². The van der Waals surface area contributed by atoms with Crippen LogP contribution in [0.15, 0.2) is 6.07 Å². The van der Waals surface area contributed by atoms with Gasteiger partial charge in [0.25, 0.3) is 0 Å². The van der Waals surface area contributed by atoms with Crippen molar-refractivity contribution < 1.29 is 9.18 Å². The molecule has 100 valence electrons. The molecule has 1 amide bonds. The molecule has 1 aromatic rings. The number of hydrogen-bond donors (Lipinski definition) is 4. The maximum Gasteiger partial charge on any atom is 0.224 e. The highest BCUT2D eigenvalue weighted by Crippen LogP contribution is 2.34. The summed E-state index contributed by atoms with van der Waals surface area (Å²) >= 11 is 5.68. The maximum absolute atomic E-state index is 13.8. The van der Waals surface area contributed by atoms with Crippen LogP contribution in [0.1, 0.15) is 13.8 Å². The third-order valence-corrected chi connectivity index (χ3v) is 3.02. The maximum atomic E-state index is 13.8. The summed E-state index contributed by atoms with van der Waals surface area (Å²) in [6.07, 6.45) is 0. The van der Waals surface area contributed by atoms with Crippen LogP contribution in [0.25, 0.3) is 0 Å². The molecule has 7 heteroatoms. The molecule has 0 heterocycles. The van der Waals surface area contributed by atoms with E-state index in [1.165, 1.54) is 6.07 Å². The molecule has 0 aliphatic carbocycles. The highest BCUT2D eigenvalue weighted by molar-refractivity contribution is 6.33. The van der Waals surface area contributed by atoms with Crippen LogP contribution < -0.4 is 22.5 Å². The number of primary amides is 1. The molecule has 0 aliphatic heterocycles. The second-order valence-electron chi connectivity index (χ2n) is 4.66. The Morgan fingerprint density at radius 3 is 2.50 bits per heavy atom. The highest BCUT2D eigenvalue weighted by Gasteiger charge is 2.26. The fraction of sp³-hybridized carbons (Fsp3) is 0.364. The van der Waals surface area contributed by atoms with Gasteiger partial charge < -0.3 is 22.5 Å². The van der Waals surface area contributed by atoms with Crippen LogP contribution in [-0.2, 0) is 4.79 Å². The third kappa shape index (κ3) is 2.76. The molecule has 7 N–H and O–H groups in total. The Hall–Kier alpha value is -1.69. The molecule has 0 fully saturated rings. The summed E-state index contributed by atoms with van der Waals surface area (Å²) in [5.41, 5.74) is 15.7. The number of halogens is 2. The third-order valence-electron chi connectivity index (χ3n) is 2.64. The van der Waals surface area contributed by atoms with Crippen LogP contribution in [0.3, 0.4) is 0 Å². The molecule has 0 aliphatic rings. The lowest BCUT2D eigenvalue weighted by atomic mass is 9.92. The van der Waals surface area contributed by atoms with E-state index in [2.05, 4.69) is 5.32 Å². The lowest BCUT2D eigenvalue weighted by molar-refractivity contribution is -0.125. The number of benzene rings is 1. The molecular weight excluding hydrogens is 259 g/mol. The minimum atomic E-state index is -0.841. The zero-order valence-corrected chi connectivity index (χ0v) is 10.9. The predicted octanol–water partition coefficient (Wildman–Crippen LogP) is 1.57. The standard InChI is InChI=1S/C11H16ClFN4O/c1-11(2,10(16)18)4-17-9-6(15)3-5(14)7(12)8(9)13/h3,17H,4,14-15H2,1-2H3,(H2,16,18). The Kier molecular flexibility index (Phi) is 3.91. The Morgan fingerprint density at radius 2 is 2.00 bits per heavy atom. The van der Waals surface area contributed by atoms with Crippen molar-refractivity contribution in [2.24, 2.45) is 11.1 Å². The molecule has 1 rings (SSSR count). The first kappa shape index (κ1) is 14.4. The van der Waals surface area contributed by atoms with Crippen molar-refractivity contribution in [2.45, 2.75) is 13.8 Å². The number of rotatable bonds is 4. The zero-order chi connectivity index (χ0) is 14.1. The minimum Gasteiger partial charge on any atom is -0.397 e. The van der Waals surface area contributed by atoms with Crippen molar-refractivity contribution in [3.05, 3.63) is 16.9 Å². The quantitative estimate of drug-likeness (QED) is 0.625. The number of hydrogen-bond acceptors (Lipinski definition) is 4. The van der Waals surface area contributed by atoms with Gasteiger partial charge >= 0.3 is 0 Å². The summed E-state index contributed by atoms with van der Waals surface area (Å²) in [7, 11) is 0. The van der Waals surface area contributed by atoms with Crippen LogP contribution >= 0.6 is 11.6 Å². The summed E-state index contributed by atoms with van der Waals surface area (Å²) in [6, 6.07) is 1.35. The molecule has 0 spiro atoms. The van der Waals surface area contributed by atoms with Crippen molar-refractivity contribution in [3.8, 4) is 0 Å². The molecule has 18 heavy (non-hydrogen) atoms. The van der Waals surface area contributed by atoms with E-state index in [-0.39, 0.29) is 28.6 Å². The Morgan fingerprint density at radius 1 is 1.44 bits per heavy atom. The van der Waals surface area contributed by atoms with Gasteiger partial charge in [0.1, 0.15) is 5.02 Å². The van der Waals surface area contributed by atoms with Crippen molar-refractivity contribution in [3.63, 3.8) is 0 Å². The van der Waals surface area contributed by atoms with Gasteiger partial charge in [0.15, 0.2) is 5.82 Å². The molecule has 0 aromatic heterocycles. The largest absolute Gasteiger partial charge is 0.397 e. The van der Waals surface area contributed by atoms with Gasteiger partial charge in [-0.3, -0.25) is 4.79 Å². The lowest BCUT2D eigenvalue weighted by Gasteiger charge is -2.22. The van der Waals surface area contributed by atoms with E-state index in [1.807, 2.05) is 0 Å². The number of anilines is 3. The van der Waals surface area contributed by atoms with Crippen molar-refractivity contribution in [1.82, 2.24) is 0 Å². The van der Waals surface area contributed by atoms with Crippen LogP contribution in [0.2, 0.25) is 5.02 Å². The summed E-state index contributed by atoms with van der Waals surface area (Å²) in [4.78, 5) is 11.1. The molecule has 1 aromatic carbocycles. The molecule has 0 unspecified atom stereocenters. The van der Waals surface area contributed by atoms with E-state index in [9.17, 15) is 9.18 Å². The average molecular weight is 275 g/mol. The molecule has 0 radical (unpaired) electrons. The SMILES string of the molecule is CC(C)(CNc1c(N)cc(N)c(Cl)c1F)C(N)=O. The van der Waals surface area contributed by atoms with E-state index in [1.54, 1.807) is 13.8 Å². The summed E-state index contributed by atoms with van der Waals surface area (Å²) < 4.78 is 13.8. The fourth-order valence-electron chi connectivity index (χ4n) is 1.24. The molecule has 5 nitrogen and oxygen atoms in total. The van der Waals surface area contributed by atoms with Crippen LogP contribution in [-0.4, -0.2) is 12.5 Å². The first-order valence-corrected chi connectivity index (χ1v) is 5.61. The fourth-order valence-corrected chi connectivity index (χ4v) is 1.39. The van der Waals surface area contributed by atoms with E-state index >= 15 is 0 Å².